The molecule has 17 heavy (non-hydrogen) atoms. The normalized spacial score (nSPS) is 9.94. The maximum atomic E-state index is 12.9. The minimum Gasteiger partial charge on any atom is -0.619 e. The van der Waals surface area contributed by atoms with Gasteiger partial charge in [-0.1, -0.05) is 6.07 Å². The van der Waals surface area contributed by atoms with E-state index in [0.717, 1.165) is 6.20 Å². The van der Waals surface area contributed by atoms with E-state index >= 15 is 0 Å². The first kappa shape index (κ1) is 11.1. The third kappa shape index (κ3) is 2.78. The Morgan fingerprint density at radius 2 is 2.12 bits per heavy atom. The molecule has 0 aliphatic heterocycles. The summed E-state index contributed by atoms with van der Waals surface area (Å²) in [6.45, 7) is 0. The van der Waals surface area contributed by atoms with Gasteiger partial charge in [0.25, 0.3) is 5.91 Å². The number of benzene rings is 1. The highest BCUT2D eigenvalue weighted by Crippen LogP contribution is 2.10. The summed E-state index contributed by atoms with van der Waals surface area (Å²) in [7, 11) is 0. The van der Waals surface area contributed by atoms with Crippen molar-refractivity contribution in [2.45, 2.75) is 0 Å². The lowest BCUT2D eigenvalue weighted by molar-refractivity contribution is -0.605. The van der Waals surface area contributed by atoms with Gasteiger partial charge in [0.05, 0.1) is 0 Å². The highest BCUT2D eigenvalue weighted by molar-refractivity contribution is 6.03. The van der Waals surface area contributed by atoms with Crippen molar-refractivity contribution in [3.63, 3.8) is 0 Å². The molecule has 0 aliphatic rings. The van der Waals surface area contributed by atoms with Crippen molar-refractivity contribution in [2.75, 3.05) is 5.32 Å². The third-order valence-electron chi connectivity index (χ3n) is 2.12. The maximum absolute atomic E-state index is 12.9. The molecule has 1 N–H and O–H groups in total. The first-order chi connectivity index (χ1) is 8.15. The van der Waals surface area contributed by atoms with Crippen molar-refractivity contribution in [3.8, 4) is 0 Å². The van der Waals surface area contributed by atoms with E-state index in [2.05, 4.69) is 5.32 Å². The van der Waals surface area contributed by atoms with Crippen LogP contribution in [0.25, 0.3) is 0 Å². The number of carbonyl (C=O) groups is 1. The molecule has 86 valence electrons. The quantitative estimate of drug-likeness (QED) is 0.633. The van der Waals surface area contributed by atoms with Gasteiger partial charge in [0.1, 0.15) is 11.4 Å². The van der Waals surface area contributed by atoms with Gasteiger partial charge in [-0.3, -0.25) is 4.79 Å². The summed E-state index contributed by atoms with van der Waals surface area (Å²) < 4.78 is 13.4. The van der Waals surface area contributed by atoms with Crippen LogP contribution in [-0.4, -0.2) is 5.91 Å². The zero-order valence-corrected chi connectivity index (χ0v) is 8.76. The first-order valence-electron chi connectivity index (χ1n) is 4.91. The highest BCUT2D eigenvalue weighted by Gasteiger charge is 2.08. The molecule has 0 spiro atoms. The number of pyridine rings is 1. The minimum absolute atomic E-state index is 0.215. The lowest BCUT2D eigenvalue weighted by Crippen LogP contribution is -2.27. The number of hydrogen-bond acceptors (Lipinski definition) is 2. The summed E-state index contributed by atoms with van der Waals surface area (Å²) >= 11 is 0. The molecule has 0 radical (unpaired) electrons. The fraction of sp³-hybridized carbons (Fsp3) is 0. The van der Waals surface area contributed by atoms with Gasteiger partial charge in [0, 0.05) is 11.8 Å². The van der Waals surface area contributed by atoms with Crippen LogP contribution >= 0.6 is 0 Å². The van der Waals surface area contributed by atoms with E-state index < -0.39 is 11.7 Å². The summed E-state index contributed by atoms with van der Waals surface area (Å²) in [5.41, 5.74) is 0.558. The molecule has 0 unspecified atom stereocenters. The molecule has 2 aromatic rings. The molecule has 1 aromatic carbocycles. The molecule has 0 fully saturated rings. The van der Waals surface area contributed by atoms with Crippen LogP contribution in [0.1, 0.15) is 10.4 Å². The number of aromatic nitrogens is 1. The lowest BCUT2D eigenvalue weighted by Gasteiger charge is -2.04. The molecular formula is C12H9FN2O2. The van der Waals surface area contributed by atoms with E-state index in [9.17, 15) is 14.4 Å². The molecule has 0 saturated carbocycles. The number of nitrogens with zero attached hydrogens (tertiary/aromatic N) is 1. The number of halogens is 1. The van der Waals surface area contributed by atoms with Gasteiger partial charge in [-0.15, -0.1) is 0 Å². The summed E-state index contributed by atoms with van der Waals surface area (Å²) in [6, 6.07) is 8.51. The first-order valence-corrected chi connectivity index (χ1v) is 4.91. The molecule has 5 heteroatoms. The second-order valence-corrected chi connectivity index (χ2v) is 3.42. The Labute approximate surface area is 96.9 Å². The Bertz CT molecular complexity index is 558. The largest absolute Gasteiger partial charge is 0.619 e. The summed E-state index contributed by atoms with van der Waals surface area (Å²) in [5, 5.41) is 13.5. The maximum Gasteiger partial charge on any atom is 0.261 e. The molecule has 2 rings (SSSR count). The smallest absolute Gasteiger partial charge is 0.261 e. The summed E-state index contributed by atoms with van der Waals surface area (Å²) in [5.74, 6) is -0.893. The summed E-state index contributed by atoms with van der Waals surface area (Å²) in [4.78, 5) is 11.7. The number of anilines is 1. The number of nitrogens with one attached hydrogen (secondary N) is 1. The van der Waals surface area contributed by atoms with Crippen LogP contribution in [-0.2, 0) is 0 Å². The minimum atomic E-state index is -0.458. The van der Waals surface area contributed by atoms with Crippen LogP contribution in [0, 0.1) is 11.0 Å². The van der Waals surface area contributed by atoms with Crippen molar-refractivity contribution in [2.24, 2.45) is 0 Å². The molecule has 1 amide bonds. The zero-order chi connectivity index (χ0) is 12.3. The predicted molar refractivity (Wildman–Crippen MR) is 59.8 cm³/mol. The van der Waals surface area contributed by atoms with E-state index in [1.54, 1.807) is 6.07 Å². The van der Waals surface area contributed by atoms with Gasteiger partial charge in [-0.2, -0.15) is 4.73 Å². The van der Waals surface area contributed by atoms with Gasteiger partial charge in [0.2, 0.25) is 0 Å². The third-order valence-corrected chi connectivity index (χ3v) is 2.12. The van der Waals surface area contributed by atoms with Gasteiger partial charge < -0.3 is 10.5 Å². The van der Waals surface area contributed by atoms with Gasteiger partial charge >= 0.3 is 0 Å². The zero-order valence-electron chi connectivity index (χ0n) is 8.76. The van der Waals surface area contributed by atoms with Gasteiger partial charge in [0.15, 0.2) is 12.4 Å². The van der Waals surface area contributed by atoms with E-state index in [1.165, 1.54) is 36.5 Å². The summed E-state index contributed by atoms with van der Waals surface area (Å²) in [6.07, 6.45) is 2.42. The predicted octanol–water partition coefficient (Wildman–Crippen LogP) is 1.71. The molecular weight excluding hydrogens is 223 g/mol. The van der Waals surface area contributed by atoms with Crippen molar-refractivity contribution in [1.29, 1.82) is 0 Å². The Morgan fingerprint density at radius 3 is 2.82 bits per heavy atom. The number of amides is 1. The van der Waals surface area contributed by atoms with Crippen molar-refractivity contribution in [3.05, 3.63) is 65.4 Å². The Kier molecular flexibility index (Phi) is 3.00. The fourth-order valence-electron chi connectivity index (χ4n) is 1.36. The van der Waals surface area contributed by atoms with Gasteiger partial charge in [-0.05, 0) is 24.3 Å². The van der Waals surface area contributed by atoms with Crippen LogP contribution in [0.15, 0.2) is 48.8 Å². The SMILES string of the molecule is O=C(Nc1cccc(F)c1)c1ccc[n+]([O-])c1. The second-order valence-electron chi connectivity index (χ2n) is 3.42. The second kappa shape index (κ2) is 4.61. The Morgan fingerprint density at radius 1 is 1.29 bits per heavy atom. The molecule has 4 nitrogen and oxygen atoms in total. The van der Waals surface area contributed by atoms with Crippen LogP contribution in [0.3, 0.4) is 0 Å². The Hall–Kier alpha value is -2.43. The van der Waals surface area contributed by atoms with Crippen molar-refractivity contribution >= 4 is 11.6 Å². The van der Waals surface area contributed by atoms with Crippen molar-refractivity contribution < 1.29 is 13.9 Å². The molecule has 1 heterocycles. The molecule has 0 bridgehead atoms. The van der Waals surface area contributed by atoms with Crippen LogP contribution in [0.4, 0.5) is 10.1 Å². The van der Waals surface area contributed by atoms with Gasteiger partial charge in [-0.25, -0.2) is 4.39 Å². The van der Waals surface area contributed by atoms with E-state index in [-0.39, 0.29) is 5.56 Å². The van der Waals surface area contributed by atoms with E-state index in [0.29, 0.717) is 10.4 Å². The van der Waals surface area contributed by atoms with E-state index in [4.69, 9.17) is 0 Å². The van der Waals surface area contributed by atoms with Crippen LogP contribution < -0.4 is 10.0 Å². The standard InChI is InChI=1S/C12H9FN2O2/c13-10-4-1-5-11(7-10)14-12(16)9-3-2-6-15(17)8-9/h1-8H,(H,14,16). The number of hydrogen-bond donors (Lipinski definition) is 1. The van der Waals surface area contributed by atoms with Crippen molar-refractivity contribution in [1.82, 2.24) is 0 Å². The monoisotopic (exact) mass is 232 g/mol. The van der Waals surface area contributed by atoms with E-state index in [1.807, 2.05) is 0 Å². The fourth-order valence-corrected chi connectivity index (χ4v) is 1.36. The van der Waals surface area contributed by atoms with Crippen LogP contribution in [0.2, 0.25) is 0 Å². The average molecular weight is 232 g/mol. The topological polar surface area (TPSA) is 56.0 Å². The molecule has 0 aliphatic carbocycles. The molecule has 0 atom stereocenters. The Balaban J connectivity index is 2.17. The number of rotatable bonds is 2. The lowest BCUT2D eigenvalue weighted by atomic mass is 10.2. The molecule has 0 saturated heterocycles. The average Bonchev–Trinajstić information content (AvgIpc) is 2.29. The number of carbonyl (C=O) groups excluding carboxylic acids is 1. The molecule has 1 aromatic heterocycles. The van der Waals surface area contributed by atoms with Crippen LogP contribution in [0.5, 0.6) is 0 Å². The highest BCUT2D eigenvalue weighted by atomic mass is 19.1.